The molecule has 0 aliphatic carbocycles. The van der Waals surface area contributed by atoms with Gasteiger partial charge in [-0.25, -0.2) is 4.68 Å². The van der Waals surface area contributed by atoms with Gasteiger partial charge in [-0.1, -0.05) is 10.3 Å². The highest BCUT2D eigenvalue weighted by Crippen LogP contribution is 2.32. The predicted octanol–water partition coefficient (Wildman–Crippen LogP) is -0.0846. The van der Waals surface area contributed by atoms with Gasteiger partial charge in [-0.2, -0.15) is 0 Å². The summed E-state index contributed by atoms with van der Waals surface area (Å²) in [6.45, 7) is 2.57. The zero-order valence-electron chi connectivity index (χ0n) is 11.1. The molecule has 0 radical (unpaired) electrons. The first-order valence-corrected chi connectivity index (χ1v) is 6.39. The van der Waals surface area contributed by atoms with Crippen molar-refractivity contribution in [2.45, 2.75) is 32.4 Å². The Hall–Kier alpha value is -2.45. The van der Waals surface area contributed by atoms with E-state index >= 15 is 0 Å². The maximum Gasteiger partial charge on any atom is 0.245 e. The second-order valence-electron chi connectivity index (χ2n) is 4.81. The first-order chi connectivity index (χ1) is 9.65. The van der Waals surface area contributed by atoms with E-state index in [1.807, 2.05) is 13.0 Å². The maximum atomic E-state index is 12.3. The summed E-state index contributed by atoms with van der Waals surface area (Å²) in [6.07, 6.45) is 1.80. The molecule has 1 unspecified atom stereocenters. The van der Waals surface area contributed by atoms with E-state index < -0.39 is 0 Å². The minimum Gasteiger partial charge on any atom is -0.367 e. The Bertz CT molecular complexity index is 620. The number of nitrogens with two attached hydrogens (primary N) is 1. The fraction of sp³-hybridized carbons (Fsp3) is 0.545. The summed E-state index contributed by atoms with van der Waals surface area (Å²) in [6, 6.07) is 1.79. The van der Waals surface area contributed by atoms with E-state index in [1.165, 1.54) is 4.68 Å². The Kier molecular flexibility index (Phi) is 3.09. The number of carbonyl (C=O) groups is 1. The zero-order chi connectivity index (χ0) is 14.1. The van der Waals surface area contributed by atoms with Crippen molar-refractivity contribution in [3.63, 3.8) is 0 Å². The van der Waals surface area contributed by atoms with Crippen LogP contribution in [0.2, 0.25) is 0 Å². The van der Waals surface area contributed by atoms with Gasteiger partial charge >= 0.3 is 0 Å². The number of aromatic nitrogens is 5. The number of amides is 1. The fourth-order valence-corrected chi connectivity index (χ4v) is 2.44. The second kappa shape index (κ2) is 4.91. The van der Waals surface area contributed by atoms with E-state index in [1.54, 1.807) is 4.90 Å². The van der Waals surface area contributed by atoms with E-state index in [2.05, 4.69) is 20.7 Å². The molecule has 1 saturated heterocycles. The van der Waals surface area contributed by atoms with Crippen molar-refractivity contribution in [3.05, 3.63) is 17.5 Å². The third-order valence-corrected chi connectivity index (χ3v) is 3.39. The molecule has 1 aliphatic heterocycles. The monoisotopic (exact) mass is 277 g/mol. The van der Waals surface area contributed by atoms with Crippen LogP contribution in [0, 0.1) is 6.92 Å². The summed E-state index contributed by atoms with van der Waals surface area (Å²) < 4.78 is 6.55. The number of nitrogen functional groups attached to an aromatic ring is 1. The minimum absolute atomic E-state index is 0.0302. The fourth-order valence-electron chi connectivity index (χ4n) is 2.44. The van der Waals surface area contributed by atoms with E-state index in [0.29, 0.717) is 6.54 Å². The lowest BCUT2D eigenvalue weighted by atomic mass is 10.1. The van der Waals surface area contributed by atoms with E-state index in [4.69, 9.17) is 10.3 Å². The third kappa shape index (κ3) is 2.22. The van der Waals surface area contributed by atoms with Crippen molar-refractivity contribution in [2.75, 3.05) is 12.3 Å². The van der Waals surface area contributed by atoms with Gasteiger partial charge in [0.05, 0.1) is 11.7 Å². The van der Waals surface area contributed by atoms with Gasteiger partial charge in [0, 0.05) is 12.6 Å². The van der Waals surface area contributed by atoms with Crippen LogP contribution in [0.5, 0.6) is 0 Å². The molecule has 1 amide bonds. The molecule has 3 heterocycles. The molecule has 1 fully saturated rings. The van der Waals surface area contributed by atoms with Gasteiger partial charge in [-0.05, 0) is 30.2 Å². The molecule has 20 heavy (non-hydrogen) atoms. The number of tetrazole rings is 1. The van der Waals surface area contributed by atoms with Crippen molar-refractivity contribution in [3.8, 4) is 0 Å². The molecule has 1 aliphatic rings. The summed E-state index contributed by atoms with van der Waals surface area (Å²) in [4.78, 5) is 14.1. The van der Waals surface area contributed by atoms with Crippen LogP contribution in [0.3, 0.4) is 0 Å². The molecule has 2 aromatic heterocycles. The van der Waals surface area contributed by atoms with Gasteiger partial charge in [0.25, 0.3) is 0 Å². The first kappa shape index (κ1) is 12.6. The van der Waals surface area contributed by atoms with Gasteiger partial charge in [0.2, 0.25) is 11.9 Å². The molecule has 1 atom stereocenters. The Morgan fingerprint density at radius 1 is 1.60 bits per heavy atom. The van der Waals surface area contributed by atoms with Crippen molar-refractivity contribution in [2.24, 2.45) is 0 Å². The van der Waals surface area contributed by atoms with Crippen molar-refractivity contribution < 1.29 is 9.32 Å². The number of carbonyl (C=O) groups excluding carboxylic acids is 1. The van der Waals surface area contributed by atoms with E-state index in [-0.39, 0.29) is 24.4 Å². The molecule has 2 aromatic rings. The standard InChI is InChI=1S/C11H15N7O2/c1-7-5-9(20-14-7)8-3-2-4-17(8)10(19)6-18-11(12)13-15-16-18/h5,8H,2-4,6H2,1H3,(H2,12,13,16). The molecule has 106 valence electrons. The number of hydrogen-bond acceptors (Lipinski definition) is 7. The van der Waals surface area contributed by atoms with Gasteiger partial charge in [-0.15, -0.1) is 0 Å². The summed E-state index contributed by atoms with van der Waals surface area (Å²) in [5.41, 5.74) is 6.37. The number of rotatable bonds is 3. The number of likely N-dealkylation sites (tertiary alicyclic amines) is 1. The smallest absolute Gasteiger partial charge is 0.245 e. The lowest BCUT2D eigenvalue weighted by Crippen LogP contribution is -2.33. The predicted molar refractivity (Wildman–Crippen MR) is 67.2 cm³/mol. The molecule has 3 rings (SSSR count). The quantitative estimate of drug-likeness (QED) is 0.833. The van der Waals surface area contributed by atoms with Crippen LogP contribution in [-0.4, -0.2) is 42.7 Å². The van der Waals surface area contributed by atoms with Crippen LogP contribution in [0.1, 0.15) is 30.3 Å². The Labute approximate surface area is 114 Å². The minimum atomic E-state index is -0.0828. The molecular weight excluding hydrogens is 262 g/mol. The molecule has 2 N–H and O–H groups in total. The molecular formula is C11H15N7O2. The van der Waals surface area contributed by atoms with Crippen LogP contribution < -0.4 is 5.73 Å². The Morgan fingerprint density at radius 3 is 3.10 bits per heavy atom. The maximum absolute atomic E-state index is 12.3. The largest absolute Gasteiger partial charge is 0.367 e. The lowest BCUT2D eigenvalue weighted by molar-refractivity contribution is -0.133. The van der Waals surface area contributed by atoms with Crippen LogP contribution in [0.25, 0.3) is 0 Å². The summed E-state index contributed by atoms with van der Waals surface area (Å²) in [5, 5.41) is 14.5. The van der Waals surface area contributed by atoms with Crippen molar-refractivity contribution in [1.29, 1.82) is 0 Å². The Balaban J connectivity index is 1.75. The molecule has 0 spiro atoms. The average molecular weight is 277 g/mol. The number of nitrogens with zero attached hydrogens (tertiary/aromatic N) is 6. The van der Waals surface area contributed by atoms with E-state index in [0.717, 1.165) is 24.3 Å². The van der Waals surface area contributed by atoms with E-state index in [9.17, 15) is 4.79 Å². The SMILES string of the molecule is Cc1cc(C2CCCN2C(=O)Cn2nnnc2N)on1. The van der Waals surface area contributed by atoms with Crippen LogP contribution in [-0.2, 0) is 11.3 Å². The normalized spacial score (nSPS) is 18.6. The van der Waals surface area contributed by atoms with Crippen LogP contribution in [0.4, 0.5) is 5.95 Å². The van der Waals surface area contributed by atoms with Crippen LogP contribution >= 0.6 is 0 Å². The van der Waals surface area contributed by atoms with Crippen LogP contribution in [0.15, 0.2) is 10.6 Å². The van der Waals surface area contributed by atoms with Gasteiger partial charge < -0.3 is 15.2 Å². The highest BCUT2D eigenvalue weighted by atomic mass is 16.5. The summed E-state index contributed by atoms with van der Waals surface area (Å²) in [7, 11) is 0. The van der Waals surface area contributed by atoms with Gasteiger partial charge in [0.15, 0.2) is 5.76 Å². The van der Waals surface area contributed by atoms with Crippen molar-refractivity contribution >= 4 is 11.9 Å². The molecule has 0 saturated carbocycles. The zero-order valence-corrected chi connectivity index (χ0v) is 11.1. The van der Waals surface area contributed by atoms with Gasteiger partial charge in [0.1, 0.15) is 6.54 Å². The number of hydrogen-bond donors (Lipinski definition) is 1. The first-order valence-electron chi connectivity index (χ1n) is 6.39. The molecule has 9 nitrogen and oxygen atoms in total. The van der Waals surface area contributed by atoms with Gasteiger partial charge in [-0.3, -0.25) is 4.79 Å². The molecule has 9 heteroatoms. The summed E-state index contributed by atoms with van der Waals surface area (Å²) in [5.74, 6) is 0.767. The van der Waals surface area contributed by atoms with Crippen molar-refractivity contribution in [1.82, 2.24) is 30.3 Å². The average Bonchev–Trinajstić information content (AvgIpc) is 3.11. The Morgan fingerprint density at radius 2 is 2.45 bits per heavy atom. The number of aryl methyl sites for hydroxylation is 1. The lowest BCUT2D eigenvalue weighted by Gasteiger charge is -2.22. The molecule has 0 aromatic carbocycles. The topological polar surface area (TPSA) is 116 Å². The molecule has 0 bridgehead atoms. The second-order valence-corrected chi connectivity index (χ2v) is 4.81. The third-order valence-electron chi connectivity index (χ3n) is 3.39. The number of anilines is 1. The highest BCUT2D eigenvalue weighted by molar-refractivity contribution is 5.77. The highest BCUT2D eigenvalue weighted by Gasteiger charge is 2.32. The summed E-state index contributed by atoms with van der Waals surface area (Å²) >= 11 is 0.